The van der Waals surface area contributed by atoms with Gasteiger partial charge in [0.05, 0.1) is 17.0 Å². The van der Waals surface area contributed by atoms with E-state index in [9.17, 15) is 9.59 Å². The third-order valence-electron chi connectivity index (χ3n) is 1.76. The van der Waals surface area contributed by atoms with Crippen molar-refractivity contribution in [2.45, 2.75) is 0 Å². The molecule has 6 heteroatoms. The van der Waals surface area contributed by atoms with Gasteiger partial charge in [-0.3, -0.25) is 4.79 Å². The van der Waals surface area contributed by atoms with E-state index in [1.165, 1.54) is 23.9 Å². The zero-order valence-corrected chi connectivity index (χ0v) is 10.9. The van der Waals surface area contributed by atoms with Gasteiger partial charge < -0.3 is 10.4 Å². The van der Waals surface area contributed by atoms with Crippen LogP contribution in [0.25, 0.3) is 0 Å². The smallest absolute Gasteiger partial charge is 0.335 e. The van der Waals surface area contributed by atoms with Crippen LogP contribution in [0.3, 0.4) is 0 Å². The molecule has 0 radical (unpaired) electrons. The van der Waals surface area contributed by atoms with Crippen LogP contribution in [0, 0.1) is 0 Å². The molecular formula is C10H10BrNO3S. The van der Waals surface area contributed by atoms with Gasteiger partial charge >= 0.3 is 5.97 Å². The molecule has 0 saturated carbocycles. The quantitative estimate of drug-likeness (QED) is 0.896. The van der Waals surface area contributed by atoms with Crippen molar-refractivity contribution in [1.82, 2.24) is 0 Å². The summed E-state index contributed by atoms with van der Waals surface area (Å²) in [6.45, 7) is 0. The van der Waals surface area contributed by atoms with E-state index in [-0.39, 0.29) is 11.5 Å². The summed E-state index contributed by atoms with van der Waals surface area (Å²) in [6, 6.07) is 4.49. The van der Waals surface area contributed by atoms with Gasteiger partial charge in [-0.1, -0.05) is 0 Å². The molecule has 0 aliphatic rings. The average Bonchev–Trinajstić information content (AvgIpc) is 2.21. The van der Waals surface area contributed by atoms with Gasteiger partial charge in [-0.05, 0) is 40.4 Å². The van der Waals surface area contributed by atoms with Crippen molar-refractivity contribution < 1.29 is 14.7 Å². The molecule has 86 valence electrons. The number of carboxylic acid groups (broad SMARTS) is 1. The maximum absolute atomic E-state index is 11.3. The standard InChI is InChI=1S/C10H10BrNO3S/c1-16-5-9(13)12-8-4-6(10(14)15)2-3-7(8)11/h2-4H,5H2,1H3,(H,12,13)(H,14,15). The Morgan fingerprint density at radius 2 is 2.19 bits per heavy atom. The van der Waals surface area contributed by atoms with Crippen molar-refractivity contribution in [3.8, 4) is 0 Å². The first-order valence-corrected chi connectivity index (χ1v) is 6.55. The fourth-order valence-electron chi connectivity index (χ4n) is 1.07. The van der Waals surface area contributed by atoms with Gasteiger partial charge in [0.2, 0.25) is 5.91 Å². The van der Waals surface area contributed by atoms with E-state index in [1.807, 2.05) is 6.26 Å². The number of aromatic carboxylic acids is 1. The molecule has 0 spiro atoms. The molecule has 0 saturated heterocycles. The van der Waals surface area contributed by atoms with Crippen molar-refractivity contribution >= 4 is 45.3 Å². The molecule has 4 nitrogen and oxygen atoms in total. The van der Waals surface area contributed by atoms with Crippen LogP contribution in [0.4, 0.5) is 5.69 Å². The van der Waals surface area contributed by atoms with Gasteiger partial charge in [-0.15, -0.1) is 0 Å². The zero-order valence-electron chi connectivity index (χ0n) is 8.49. The number of hydrogen-bond donors (Lipinski definition) is 2. The number of hydrogen-bond acceptors (Lipinski definition) is 3. The molecule has 0 atom stereocenters. The number of nitrogens with one attached hydrogen (secondary N) is 1. The summed E-state index contributed by atoms with van der Waals surface area (Å²) in [7, 11) is 0. The minimum atomic E-state index is -1.02. The highest BCUT2D eigenvalue weighted by Gasteiger charge is 2.09. The molecule has 0 heterocycles. The van der Waals surface area contributed by atoms with Crippen LogP contribution in [0.5, 0.6) is 0 Å². The van der Waals surface area contributed by atoms with Crippen molar-refractivity contribution in [3.63, 3.8) is 0 Å². The van der Waals surface area contributed by atoms with Gasteiger partial charge in [0.1, 0.15) is 0 Å². The molecule has 1 aromatic carbocycles. The van der Waals surface area contributed by atoms with E-state index in [0.29, 0.717) is 15.9 Å². The van der Waals surface area contributed by atoms with E-state index in [0.717, 1.165) is 0 Å². The van der Waals surface area contributed by atoms with Gasteiger partial charge in [-0.2, -0.15) is 11.8 Å². The molecule has 0 fully saturated rings. The average molecular weight is 304 g/mol. The highest BCUT2D eigenvalue weighted by atomic mass is 79.9. The largest absolute Gasteiger partial charge is 0.478 e. The fourth-order valence-corrected chi connectivity index (χ4v) is 1.75. The number of anilines is 1. The Hall–Kier alpha value is -1.01. The summed E-state index contributed by atoms with van der Waals surface area (Å²) in [5.41, 5.74) is 0.613. The second kappa shape index (κ2) is 5.91. The summed E-state index contributed by atoms with van der Waals surface area (Å²) in [6.07, 6.45) is 1.82. The number of thioether (sulfide) groups is 1. The van der Waals surface area contributed by atoms with Gasteiger partial charge in [0.15, 0.2) is 0 Å². The second-order valence-electron chi connectivity index (χ2n) is 2.98. The van der Waals surface area contributed by atoms with E-state index in [4.69, 9.17) is 5.11 Å². The lowest BCUT2D eigenvalue weighted by Crippen LogP contribution is -2.14. The number of carbonyl (C=O) groups excluding carboxylic acids is 1. The van der Waals surface area contributed by atoms with Gasteiger partial charge in [0.25, 0.3) is 0 Å². The van der Waals surface area contributed by atoms with Crippen molar-refractivity contribution in [3.05, 3.63) is 28.2 Å². The first kappa shape index (κ1) is 13.1. The lowest BCUT2D eigenvalue weighted by molar-refractivity contribution is -0.113. The minimum Gasteiger partial charge on any atom is -0.478 e. The summed E-state index contributed by atoms with van der Waals surface area (Å²) < 4.78 is 0.659. The Labute approximate surface area is 106 Å². The maximum atomic E-state index is 11.3. The Morgan fingerprint density at radius 1 is 1.50 bits per heavy atom. The number of carboxylic acids is 1. The van der Waals surface area contributed by atoms with Crippen LogP contribution in [-0.4, -0.2) is 29.0 Å². The summed E-state index contributed by atoms with van der Waals surface area (Å²) in [5, 5.41) is 11.4. The second-order valence-corrected chi connectivity index (χ2v) is 4.70. The molecule has 2 N–H and O–H groups in total. The van der Waals surface area contributed by atoms with Crippen molar-refractivity contribution in [2.75, 3.05) is 17.3 Å². The maximum Gasteiger partial charge on any atom is 0.335 e. The lowest BCUT2D eigenvalue weighted by Gasteiger charge is -2.07. The van der Waals surface area contributed by atoms with Crippen molar-refractivity contribution in [2.24, 2.45) is 0 Å². The number of halogens is 1. The van der Waals surface area contributed by atoms with Crippen LogP contribution >= 0.6 is 27.7 Å². The van der Waals surface area contributed by atoms with E-state index >= 15 is 0 Å². The van der Waals surface area contributed by atoms with Crippen molar-refractivity contribution in [1.29, 1.82) is 0 Å². The third kappa shape index (κ3) is 3.53. The summed E-state index contributed by atoms with van der Waals surface area (Å²) in [5.74, 6) is -0.840. The topological polar surface area (TPSA) is 66.4 Å². The Morgan fingerprint density at radius 3 is 2.75 bits per heavy atom. The molecule has 0 aliphatic carbocycles. The van der Waals surface area contributed by atoms with Gasteiger partial charge in [-0.25, -0.2) is 4.79 Å². The van der Waals surface area contributed by atoms with E-state index in [1.54, 1.807) is 6.07 Å². The summed E-state index contributed by atoms with van der Waals surface area (Å²) in [4.78, 5) is 22.1. The first-order chi connectivity index (χ1) is 7.54. The van der Waals surface area contributed by atoms with Crippen LogP contribution in [0.1, 0.15) is 10.4 Å². The third-order valence-corrected chi connectivity index (χ3v) is 3.01. The number of amides is 1. The molecule has 1 rings (SSSR count). The highest BCUT2D eigenvalue weighted by Crippen LogP contribution is 2.23. The zero-order chi connectivity index (χ0) is 12.1. The molecule has 0 aliphatic heterocycles. The Kier molecular flexibility index (Phi) is 4.82. The SMILES string of the molecule is CSCC(=O)Nc1cc(C(=O)O)ccc1Br. The van der Waals surface area contributed by atoms with Crippen LogP contribution < -0.4 is 5.32 Å². The first-order valence-electron chi connectivity index (χ1n) is 4.36. The molecule has 1 amide bonds. The molecule has 0 aromatic heterocycles. The highest BCUT2D eigenvalue weighted by molar-refractivity contribution is 9.10. The molecule has 1 aromatic rings. The molecule has 0 unspecified atom stereocenters. The molecule has 0 bridgehead atoms. The fraction of sp³-hybridized carbons (Fsp3) is 0.200. The summed E-state index contributed by atoms with van der Waals surface area (Å²) >= 11 is 4.65. The van der Waals surface area contributed by atoms with Crippen LogP contribution in [0.15, 0.2) is 22.7 Å². The normalized spacial score (nSPS) is 9.88. The predicted octanol–water partition coefficient (Wildman–Crippen LogP) is 2.45. The van der Waals surface area contributed by atoms with Crippen LogP contribution in [-0.2, 0) is 4.79 Å². The molecule has 16 heavy (non-hydrogen) atoms. The van der Waals surface area contributed by atoms with E-state index in [2.05, 4.69) is 21.2 Å². The predicted molar refractivity (Wildman–Crippen MR) is 68.1 cm³/mol. The lowest BCUT2D eigenvalue weighted by atomic mass is 10.2. The van der Waals surface area contributed by atoms with E-state index < -0.39 is 5.97 Å². The monoisotopic (exact) mass is 303 g/mol. The Balaban J connectivity index is 2.90. The van der Waals surface area contributed by atoms with Gasteiger partial charge in [0, 0.05) is 4.47 Å². The van der Waals surface area contributed by atoms with Crippen LogP contribution in [0.2, 0.25) is 0 Å². The molecular weight excluding hydrogens is 294 g/mol. The minimum absolute atomic E-state index is 0.141. The Bertz CT molecular complexity index is 423. The number of carbonyl (C=O) groups is 2. The number of rotatable bonds is 4. The number of benzene rings is 1.